The van der Waals surface area contributed by atoms with Gasteiger partial charge in [-0.25, -0.2) is 13.1 Å². The van der Waals surface area contributed by atoms with Crippen LogP contribution in [0.1, 0.15) is 13.8 Å². The highest BCUT2D eigenvalue weighted by molar-refractivity contribution is 7.89. The first-order chi connectivity index (χ1) is 8.85. The van der Waals surface area contributed by atoms with Crippen LogP contribution in [0.25, 0.3) is 0 Å². The van der Waals surface area contributed by atoms with Crippen molar-refractivity contribution >= 4 is 15.9 Å². The Kier molecular flexibility index (Phi) is 6.18. The molecule has 0 spiro atoms. The first kappa shape index (κ1) is 16.4. The van der Waals surface area contributed by atoms with Crippen molar-refractivity contribution in [3.63, 3.8) is 0 Å². The number of morpholine rings is 1. The molecule has 112 valence electrons. The van der Waals surface area contributed by atoms with Gasteiger partial charge in [0.25, 0.3) is 0 Å². The van der Waals surface area contributed by atoms with Gasteiger partial charge in [0.1, 0.15) is 0 Å². The van der Waals surface area contributed by atoms with Gasteiger partial charge in [0.2, 0.25) is 15.9 Å². The molecule has 1 aliphatic heterocycles. The monoisotopic (exact) mass is 294 g/mol. The Hall–Kier alpha value is -0.700. The Bertz CT molecular complexity index is 392. The number of hydrogen-bond donors (Lipinski definition) is 1. The lowest BCUT2D eigenvalue weighted by Gasteiger charge is -2.29. The van der Waals surface area contributed by atoms with Crippen LogP contribution in [0.15, 0.2) is 0 Å². The summed E-state index contributed by atoms with van der Waals surface area (Å²) >= 11 is 0. The van der Waals surface area contributed by atoms with E-state index in [1.165, 1.54) is 7.11 Å². The van der Waals surface area contributed by atoms with Crippen molar-refractivity contribution in [3.8, 4) is 0 Å². The quantitative estimate of drug-likeness (QED) is 0.692. The van der Waals surface area contributed by atoms with Gasteiger partial charge in [0.05, 0.1) is 31.1 Å². The molecule has 0 aromatic rings. The lowest BCUT2D eigenvalue weighted by Crippen LogP contribution is -2.51. The smallest absolute Gasteiger partial charge is 0.240 e. The molecular weight excluding hydrogens is 272 g/mol. The molecule has 2 atom stereocenters. The summed E-state index contributed by atoms with van der Waals surface area (Å²) in [5.41, 5.74) is 0. The summed E-state index contributed by atoms with van der Waals surface area (Å²) in [5.74, 6) is -0.388. The van der Waals surface area contributed by atoms with Crippen LogP contribution in [0.2, 0.25) is 0 Å². The maximum Gasteiger partial charge on any atom is 0.240 e. The summed E-state index contributed by atoms with van der Waals surface area (Å²) in [7, 11) is -2.08. The minimum atomic E-state index is -3.53. The molecule has 0 aromatic carbocycles. The third-order valence-electron chi connectivity index (χ3n) is 2.91. The molecule has 0 bridgehead atoms. The van der Waals surface area contributed by atoms with Crippen molar-refractivity contribution in [1.29, 1.82) is 0 Å². The fraction of sp³-hybridized carbons (Fsp3) is 0.909. The number of carbonyl (C=O) groups is 1. The van der Waals surface area contributed by atoms with E-state index in [0.717, 1.165) is 0 Å². The summed E-state index contributed by atoms with van der Waals surface area (Å²) in [4.78, 5) is 13.7. The van der Waals surface area contributed by atoms with Crippen LogP contribution >= 0.6 is 0 Å². The Morgan fingerprint density at radius 1 is 1.37 bits per heavy atom. The zero-order valence-electron chi connectivity index (χ0n) is 11.6. The van der Waals surface area contributed by atoms with Gasteiger partial charge >= 0.3 is 0 Å². The minimum absolute atomic E-state index is 0.162. The average Bonchev–Trinajstić information content (AvgIpc) is 2.37. The van der Waals surface area contributed by atoms with Crippen molar-refractivity contribution < 1.29 is 22.7 Å². The molecule has 0 aliphatic carbocycles. The fourth-order valence-electron chi connectivity index (χ4n) is 1.80. The summed E-state index contributed by atoms with van der Waals surface area (Å²) in [6.45, 7) is 5.19. The van der Waals surface area contributed by atoms with Crippen molar-refractivity contribution in [3.05, 3.63) is 0 Å². The lowest BCUT2D eigenvalue weighted by molar-refractivity contribution is -0.136. The van der Waals surface area contributed by atoms with E-state index in [4.69, 9.17) is 9.47 Å². The van der Waals surface area contributed by atoms with E-state index in [0.29, 0.717) is 26.3 Å². The standard InChI is InChI=1S/C11H22N2O5S/c1-9(17-3)8-19(15,16)12-10(2)11(14)13-4-6-18-7-5-13/h9-10,12H,4-8H2,1-3H3. The van der Waals surface area contributed by atoms with Gasteiger partial charge in [-0.2, -0.15) is 0 Å². The molecule has 1 saturated heterocycles. The molecule has 1 N–H and O–H groups in total. The number of hydrogen-bond acceptors (Lipinski definition) is 5. The van der Waals surface area contributed by atoms with E-state index in [1.54, 1.807) is 18.7 Å². The van der Waals surface area contributed by atoms with Crippen LogP contribution in [-0.4, -0.2) is 70.5 Å². The first-order valence-electron chi connectivity index (χ1n) is 6.25. The maximum atomic E-state index is 12.0. The number of nitrogens with zero attached hydrogens (tertiary/aromatic N) is 1. The number of amides is 1. The third kappa shape index (κ3) is 5.43. The molecule has 0 saturated carbocycles. The van der Waals surface area contributed by atoms with Crippen LogP contribution in [0.5, 0.6) is 0 Å². The highest BCUT2D eigenvalue weighted by Gasteiger charge is 2.26. The van der Waals surface area contributed by atoms with Crippen molar-refractivity contribution in [2.75, 3.05) is 39.2 Å². The number of ether oxygens (including phenoxy) is 2. The molecule has 19 heavy (non-hydrogen) atoms. The van der Waals surface area contributed by atoms with Crippen LogP contribution in [0.3, 0.4) is 0 Å². The van der Waals surface area contributed by atoms with Gasteiger partial charge in [-0.1, -0.05) is 0 Å². The molecule has 0 aromatic heterocycles. The molecule has 7 nitrogen and oxygen atoms in total. The number of carbonyl (C=O) groups excluding carboxylic acids is 1. The van der Waals surface area contributed by atoms with Gasteiger partial charge in [0.15, 0.2) is 0 Å². The second-order valence-corrected chi connectivity index (χ2v) is 6.40. The van der Waals surface area contributed by atoms with Crippen molar-refractivity contribution in [2.24, 2.45) is 0 Å². The SMILES string of the molecule is COC(C)CS(=O)(=O)NC(C)C(=O)N1CCOCC1. The molecule has 1 rings (SSSR count). The summed E-state index contributed by atoms with van der Waals surface area (Å²) in [6.07, 6.45) is -0.414. The molecule has 1 heterocycles. The van der Waals surface area contributed by atoms with Gasteiger partial charge in [-0.3, -0.25) is 4.79 Å². The van der Waals surface area contributed by atoms with E-state index in [-0.39, 0.29) is 11.7 Å². The highest BCUT2D eigenvalue weighted by atomic mass is 32.2. The normalized spacial score (nSPS) is 20.1. The minimum Gasteiger partial charge on any atom is -0.381 e. The molecule has 2 unspecified atom stereocenters. The Morgan fingerprint density at radius 2 is 1.95 bits per heavy atom. The Morgan fingerprint density at radius 3 is 2.47 bits per heavy atom. The van der Waals surface area contributed by atoms with E-state index in [2.05, 4.69) is 4.72 Å². The van der Waals surface area contributed by atoms with Crippen molar-refractivity contribution in [2.45, 2.75) is 26.0 Å². The van der Waals surface area contributed by atoms with Gasteiger partial charge in [-0.05, 0) is 13.8 Å². The molecule has 1 fully saturated rings. The highest BCUT2D eigenvalue weighted by Crippen LogP contribution is 2.03. The molecule has 0 radical (unpaired) electrons. The number of nitrogens with one attached hydrogen (secondary N) is 1. The average molecular weight is 294 g/mol. The van der Waals surface area contributed by atoms with Gasteiger partial charge in [-0.15, -0.1) is 0 Å². The summed E-state index contributed by atoms with van der Waals surface area (Å²) in [5, 5.41) is 0. The molecular formula is C11H22N2O5S. The fourth-order valence-corrected chi connectivity index (χ4v) is 3.29. The predicted molar refractivity (Wildman–Crippen MR) is 70.3 cm³/mol. The van der Waals surface area contributed by atoms with Crippen LogP contribution in [0, 0.1) is 0 Å². The van der Waals surface area contributed by atoms with Crippen LogP contribution < -0.4 is 4.72 Å². The second kappa shape index (κ2) is 7.18. The largest absolute Gasteiger partial charge is 0.381 e. The zero-order chi connectivity index (χ0) is 14.5. The third-order valence-corrected chi connectivity index (χ3v) is 4.53. The van der Waals surface area contributed by atoms with E-state index in [1.807, 2.05) is 0 Å². The summed E-state index contributed by atoms with van der Waals surface area (Å²) in [6, 6.07) is -0.771. The molecule has 1 aliphatic rings. The van der Waals surface area contributed by atoms with E-state index in [9.17, 15) is 13.2 Å². The molecule has 8 heteroatoms. The van der Waals surface area contributed by atoms with Crippen LogP contribution in [0.4, 0.5) is 0 Å². The van der Waals surface area contributed by atoms with Gasteiger partial charge < -0.3 is 14.4 Å². The number of rotatable bonds is 6. The van der Waals surface area contributed by atoms with Gasteiger partial charge in [0, 0.05) is 20.2 Å². The second-order valence-electron chi connectivity index (χ2n) is 4.60. The van der Waals surface area contributed by atoms with Crippen molar-refractivity contribution in [1.82, 2.24) is 9.62 Å². The topological polar surface area (TPSA) is 84.9 Å². The number of sulfonamides is 1. The lowest BCUT2D eigenvalue weighted by atomic mass is 10.3. The zero-order valence-corrected chi connectivity index (χ0v) is 12.4. The Balaban J connectivity index is 2.53. The predicted octanol–water partition coefficient (Wildman–Crippen LogP) is -0.812. The van der Waals surface area contributed by atoms with Crippen LogP contribution in [-0.2, 0) is 24.3 Å². The summed E-state index contributed by atoms with van der Waals surface area (Å²) < 4.78 is 36.1. The van der Waals surface area contributed by atoms with E-state index < -0.39 is 22.2 Å². The molecule has 1 amide bonds. The van der Waals surface area contributed by atoms with E-state index >= 15 is 0 Å². The number of methoxy groups -OCH3 is 1. The maximum absolute atomic E-state index is 12.0. The Labute approximate surface area is 114 Å². The first-order valence-corrected chi connectivity index (χ1v) is 7.90.